The Morgan fingerprint density at radius 3 is 2.69 bits per heavy atom. The van der Waals surface area contributed by atoms with E-state index in [-0.39, 0.29) is 24.9 Å². The fraction of sp³-hybridized carbons (Fsp3) is 1.00. The van der Waals surface area contributed by atoms with Crippen LogP contribution in [0.4, 0.5) is 0 Å². The van der Waals surface area contributed by atoms with Gasteiger partial charge in [-0.25, -0.2) is 13.1 Å². The Kier molecular flexibility index (Phi) is 9.25. The van der Waals surface area contributed by atoms with Crippen molar-refractivity contribution in [2.24, 2.45) is 5.92 Å². The molecule has 0 fully saturated rings. The largest absolute Gasteiger partial charge is 0.394 e. The van der Waals surface area contributed by atoms with Crippen molar-refractivity contribution in [1.29, 1.82) is 0 Å². The third kappa shape index (κ3) is 9.35. The number of aliphatic hydroxyl groups excluding tert-OH is 1. The second kappa shape index (κ2) is 9.18. The molecule has 0 saturated heterocycles. The smallest absolute Gasteiger partial charge is 0.211 e. The van der Waals surface area contributed by atoms with Gasteiger partial charge >= 0.3 is 0 Å². The zero-order valence-electron chi connectivity index (χ0n) is 9.49. The summed E-state index contributed by atoms with van der Waals surface area (Å²) < 4.78 is 30.3. The number of ether oxygens (including phenoxy) is 1. The number of sulfonamides is 1. The zero-order chi connectivity index (χ0) is 12.4. The number of halogens is 1. The van der Waals surface area contributed by atoms with Gasteiger partial charge in [-0.05, 0) is 12.3 Å². The van der Waals surface area contributed by atoms with Crippen LogP contribution in [-0.4, -0.2) is 51.5 Å². The molecule has 0 aliphatic heterocycles. The predicted molar refractivity (Wildman–Crippen MR) is 64.2 cm³/mol. The average Bonchev–Trinajstić information content (AvgIpc) is 2.22. The molecule has 0 aromatic carbocycles. The Labute approximate surface area is 102 Å². The minimum atomic E-state index is -3.23. The van der Waals surface area contributed by atoms with Gasteiger partial charge in [0.2, 0.25) is 10.0 Å². The molecule has 0 aliphatic carbocycles. The standard InChI is InChI=1S/C9H20ClNO4S/c1-9(7-10)8-16(13,14)11-3-2-5-15-6-4-12/h9,11-12H,2-8H2,1H3. The van der Waals surface area contributed by atoms with Crippen molar-refractivity contribution in [3.05, 3.63) is 0 Å². The first-order chi connectivity index (χ1) is 7.52. The summed E-state index contributed by atoms with van der Waals surface area (Å²) in [6.45, 7) is 2.85. The lowest BCUT2D eigenvalue weighted by molar-refractivity contribution is 0.0913. The van der Waals surface area contributed by atoms with Crippen LogP contribution in [0.3, 0.4) is 0 Å². The SMILES string of the molecule is CC(CCl)CS(=O)(=O)NCCCOCCO. The second-order valence-electron chi connectivity index (χ2n) is 3.62. The highest BCUT2D eigenvalue weighted by Crippen LogP contribution is 2.01. The molecule has 0 spiro atoms. The number of hydrogen-bond donors (Lipinski definition) is 2. The van der Waals surface area contributed by atoms with E-state index in [0.717, 1.165) is 0 Å². The summed E-state index contributed by atoms with van der Waals surface area (Å²) in [6.07, 6.45) is 0.592. The first kappa shape index (κ1) is 16.1. The molecule has 7 heteroatoms. The van der Waals surface area contributed by atoms with Crippen molar-refractivity contribution in [2.75, 3.05) is 38.0 Å². The summed E-state index contributed by atoms with van der Waals surface area (Å²) in [5.74, 6) is 0.332. The van der Waals surface area contributed by atoms with Gasteiger partial charge in [0.1, 0.15) is 0 Å². The summed E-state index contributed by atoms with van der Waals surface area (Å²) in [5.41, 5.74) is 0. The Morgan fingerprint density at radius 1 is 1.44 bits per heavy atom. The molecule has 1 unspecified atom stereocenters. The summed E-state index contributed by atoms with van der Waals surface area (Å²) in [7, 11) is -3.23. The van der Waals surface area contributed by atoms with Gasteiger partial charge in [-0.2, -0.15) is 0 Å². The number of alkyl halides is 1. The van der Waals surface area contributed by atoms with Crippen molar-refractivity contribution in [3.63, 3.8) is 0 Å². The van der Waals surface area contributed by atoms with Gasteiger partial charge in [-0.3, -0.25) is 0 Å². The lowest BCUT2D eigenvalue weighted by Gasteiger charge is -2.09. The average molecular weight is 274 g/mol. The van der Waals surface area contributed by atoms with E-state index in [1.807, 2.05) is 0 Å². The highest BCUT2D eigenvalue weighted by atomic mass is 35.5. The van der Waals surface area contributed by atoms with Crippen molar-refractivity contribution in [3.8, 4) is 0 Å². The Morgan fingerprint density at radius 2 is 2.12 bits per heavy atom. The van der Waals surface area contributed by atoms with Gasteiger partial charge < -0.3 is 9.84 Å². The fourth-order valence-electron chi connectivity index (χ4n) is 1.05. The summed E-state index contributed by atoms with van der Waals surface area (Å²) in [6, 6.07) is 0. The minimum Gasteiger partial charge on any atom is -0.394 e. The lowest BCUT2D eigenvalue weighted by Crippen LogP contribution is -2.30. The van der Waals surface area contributed by atoms with Gasteiger partial charge in [0.05, 0.1) is 19.0 Å². The normalized spacial score (nSPS) is 13.9. The monoisotopic (exact) mass is 273 g/mol. The number of aliphatic hydroxyl groups is 1. The van der Waals surface area contributed by atoms with Crippen LogP contribution >= 0.6 is 11.6 Å². The summed E-state index contributed by atoms with van der Waals surface area (Å²) in [4.78, 5) is 0. The molecule has 16 heavy (non-hydrogen) atoms. The maximum Gasteiger partial charge on any atom is 0.211 e. The molecule has 0 aromatic heterocycles. The molecule has 2 N–H and O–H groups in total. The van der Waals surface area contributed by atoms with Crippen molar-refractivity contribution in [2.45, 2.75) is 13.3 Å². The van der Waals surface area contributed by atoms with E-state index in [4.69, 9.17) is 21.4 Å². The molecule has 5 nitrogen and oxygen atoms in total. The third-order valence-corrected chi connectivity index (χ3v) is 3.97. The van der Waals surface area contributed by atoms with Crippen LogP contribution in [0.2, 0.25) is 0 Å². The van der Waals surface area contributed by atoms with E-state index >= 15 is 0 Å². The molecule has 1 atom stereocenters. The Hall–Kier alpha value is 0.120. The molecule has 0 bridgehead atoms. The molecule has 0 aromatic rings. The van der Waals surface area contributed by atoms with E-state index in [9.17, 15) is 8.42 Å². The number of rotatable bonds is 10. The van der Waals surface area contributed by atoms with Gasteiger partial charge in [0.15, 0.2) is 0 Å². The molecule has 0 aliphatic rings. The zero-order valence-corrected chi connectivity index (χ0v) is 11.1. The van der Waals surface area contributed by atoms with Gasteiger partial charge in [-0.15, -0.1) is 11.6 Å². The van der Waals surface area contributed by atoms with Crippen LogP contribution in [0.1, 0.15) is 13.3 Å². The molecule has 0 amide bonds. The van der Waals surface area contributed by atoms with Crippen LogP contribution in [0.25, 0.3) is 0 Å². The van der Waals surface area contributed by atoms with Crippen molar-refractivity contribution in [1.82, 2.24) is 4.72 Å². The van der Waals surface area contributed by atoms with Gasteiger partial charge in [0, 0.05) is 19.0 Å². The Balaban J connectivity index is 3.59. The van der Waals surface area contributed by atoms with E-state index in [1.54, 1.807) is 6.92 Å². The molecule has 0 saturated carbocycles. The van der Waals surface area contributed by atoms with E-state index < -0.39 is 10.0 Å². The Bertz CT molecular complexity index is 258. The van der Waals surface area contributed by atoms with Crippen LogP contribution in [0, 0.1) is 5.92 Å². The second-order valence-corrected chi connectivity index (χ2v) is 5.78. The van der Waals surface area contributed by atoms with Crippen LogP contribution < -0.4 is 4.72 Å². The van der Waals surface area contributed by atoms with Gasteiger partial charge in [-0.1, -0.05) is 6.92 Å². The molecular weight excluding hydrogens is 254 g/mol. The molecule has 0 heterocycles. The first-order valence-corrected chi connectivity index (χ1v) is 7.42. The van der Waals surface area contributed by atoms with E-state index in [2.05, 4.69) is 4.72 Å². The highest BCUT2D eigenvalue weighted by molar-refractivity contribution is 7.89. The highest BCUT2D eigenvalue weighted by Gasteiger charge is 2.13. The number of hydrogen-bond acceptors (Lipinski definition) is 4. The maximum absolute atomic E-state index is 11.4. The molecule has 0 rings (SSSR count). The van der Waals surface area contributed by atoms with Crippen LogP contribution in [0.5, 0.6) is 0 Å². The third-order valence-electron chi connectivity index (χ3n) is 1.79. The number of nitrogens with one attached hydrogen (secondary N) is 1. The van der Waals surface area contributed by atoms with Crippen LogP contribution in [-0.2, 0) is 14.8 Å². The van der Waals surface area contributed by atoms with E-state index in [0.29, 0.717) is 25.5 Å². The fourth-order valence-corrected chi connectivity index (χ4v) is 2.73. The molecular formula is C9H20ClNO4S. The summed E-state index contributed by atoms with van der Waals surface area (Å²) >= 11 is 5.54. The molecule has 98 valence electrons. The predicted octanol–water partition coefficient (Wildman–Crippen LogP) is 0.180. The van der Waals surface area contributed by atoms with Crippen molar-refractivity contribution < 1.29 is 18.3 Å². The first-order valence-electron chi connectivity index (χ1n) is 5.23. The minimum absolute atomic E-state index is 0.0149. The quantitative estimate of drug-likeness (QED) is 0.440. The van der Waals surface area contributed by atoms with Crippen LogP contribution in [0.15, 0.2) is 0 Å². The maximum atomic E-state index is 11.4. The topological polar surface area (TPSA) is 75.6 Å². The van der Waals surface area contributed by atoms with Gasteiger partial charge in [0.25, 0.3) is 0 Å². The van der Waals surface area contributed by atoms with E-state index in [1.165, 1.54) is 0 Å². The lowest BCUT2D eigenvalue weighted by atomic mass is 10.3. The van der Waals surface area contributed by atoms with Crippen molar-refractivity contribution >= 4 is 21.6 Å². The molecule has 0 radical (unpaired) electrons. The summed E-state index contributed by atoms with van der Waals surface area (Å²) in [5, 5.41) is 8.43.